The molecular weight excluding hydrogens is 250 g/mol. The quantitative estimate of drug-likeness (QED) is 0.789. The molecule has 0 bridgehead atoms. The van der Waals surface area contributed by atoms with Crippen molar-refractivity contribution in [3.8, 4) is 0 Å². The predicted octanol–water partition coefficient (Wildman–Crippen LogP) is 2.26. The zero-order valence-electron chi connectivity index (χ0n) is 11.0. The Hall–Kier alpha value is -1.43. The maximum absolute atomic E-state index is 12.3. The third kappa shape index (κ3) is 2.12. The minimum atomic E-state index is -0.360. The largest absolute Gasteiger partial charge is 0.333 e. The summed E-state index contributed by atoms with van der Waals surface area (Å²) in [6, 6.07) is -0.637. The molecule has 1 atom stereocenters. The first-order chi connectivity index (χ1) is 8.41. The Labute approximate surface area is 110 Å². The highest BCUT2D eigenvalue weighted by molar-refractivity contribution is 7.15. The molecule has 1 fully saturated rings. The summed E-state index contributed by atoms with van der Waals surface area (Å²) in [6.07, 6.45) is 2.36. The van der Waals surface area contributed by atoms with E-state index < -0.39 is 0 Å². The summed E-state index contributed by atoms with van der Waals surface area (Å²) in [7, 11) is 1.67. The molecule has 18 heavy (non-hydrogen) atoms. The Bertz CT molecular complexity index is 483. The highest BCUT2D eigenvalue weighted by atomic mass is 32.1. The molecule has 1 aromatic rings. The summed E-state index contributed by atoms with van der Waals surface area (Å²) in [5.41, 5.74) is 0. The van der Waals surface area contributed by atoms with E-state index in [-0.39, 0.29) is 18.0 Å². The van der Waals surface area contributed by atoms with Crippen LogP contribution in [0.25, 0.3) is 0 Å². The van der Waals surface area contributed by atoms with Gasteiger partial charge >= 0.3 is 6.03 Å². The van der Waals surface area contributed by atoms with Crippen molar-refractivity contribution in [2.45, 2.75) is 33.2 Å². The first-order valence-electron chi connectivity index (χ1n) is 5.95. The van der Waals surface area contributed by atoms with Gasteiger partial charge in [-0.2, -0.15) is 0 Å². The first-order valence-corrected chi connectivity index (χ1v) is 6.76. The number of hydrogen-bond acceptors (Lipinski definition) is 4. The average molecular weight is 267 g/mol. The van der Waals surface area contributed by atoms with Crippen LogP contribution in [0.15, 0.2) is 6.20 Å². The van der Waals surface area contributed by atoms with E-state index in [0.717, 1.165) is 4.88 Å². The molecule has 0 spiro atoms. The van der Waals surface area contributed by atoms with Crippen LogP contribution in [0.1, 0.15) is 25.1 Å². The lowest BCUT2D eigenvalue weighted by molar-refractivity contribution is -0.119. The summed E-state index contributed by atoms with van der Waals surface area (Å²) >= 11 is 1.36. The Morgan fingerprint density at radius 3 is 2.61 bits per heavy atom. The fourth-order valence-electron chi connectivity index (χ4n) is 2.03. The van der Waals surface area contributed by atoms with Gasteiger partial charge < -0.3 is 4.90 Å². The van der Waals surface area contributed by atoms with Crippen molar-refractivity contribution in [2.24, 2.45) is 5.92 Å². The second-order valence-electron chi connectivity index (χ2n) is 4.97. The van der Waals surface area contributed by atoms with E-state index in [9.17, 15) is 9.59 Å². The molecular formula is C12H17N3O2S. The van der Waals surface area contributed by atoms with E-state index in [1.54, 1.807) is 13.2 Å². The topological polar surface area (TPSA) is 53.5 Å². The van der Waals surface area contributed by atoms with E-state index in [1.807, 2.05) is 20.8 Å². The van der Waals surface area contributed by atoms with Gasteiger partial charge in [0.1, 0.15) is 6.04 Å². The highest BCUT2D eigenvalue weighted by Crippen LogP contribution is 2.29. The van der Waals surface area contributed by atoms with Gasteiger partial charge in [-0.15, -0.1) is 11.3 Å². The van der Waals surface area contributed by atoms with Gasteiger partial charge in [0.15, 0.2) is 0 Å². The zero-order chi connectivity index (χ0) is 13.4. The van der Waals surface area contributed by atoms with Gasteiger partial charge in [0.2, 0.25) is 5.13 Å². The van der Waals surface area contributed by atoms with Crippen LogP contribution < -0.4 is 4.90 Å². The van der Waals surface area contributed by atoms with E-state index in [0.29, 0.717) is 17.5 Å². The van der Waals surface area contributed by atoms with Gasteiger partial charge in [-0.3, -0.25) is 4.79 Å². The van der Waals surface area contributed by atoms with Gasteiger partial charge in [0.25, 0.3) is 5.91 Å². The summed E-state index contributed by atoms with van der Waals surface area (Å²) in [4.78, 5) is 32.2. The van der Waals surface area contributed by atoms with Gasteiger partial charge in [0, 0.05) is 18.1 Å². The lowest BCUT2D eigenvalue weighted by Gasteiger charge is -2.17. The van der Waals surface area contributed by atoms with Crippen LogP contribution >= 0.6 is 11.3 Å². The fourth-order valence-corrected chi connectivity index (χ4v) is 2.79. The maximum Gasteiger partial charge on any atom is 0.333 e. The molecule has 98 valence electrons. The minimum absolute atomic E-state index is 0.162. The predicted molar refractivity (Wildman–Crippen MR) is 70.7 cm³/mol. The van der Waals surface area contributed by atoms with Crippen molar-refractivity contribution in [1.82, 2.24) is 9.88 Å². The number of likely N-dealkylation sites (N-methyl/N-ethyl adjacent to an activating group) is 1. The molecule has 0 saturated carbocycles. The Morgan fingerprint density at radius 2 is 2.11 bits per heavy atom. The maximum atomic E-state index is 12.3. The third-order valence-electron chi connectivity index (χ3n) is 2.96. The molecule has 1 aromatic heterocycles. The zero-order valence-corrected chi connectivity index (χ0v) is 11.8. The number of anilines is 1. The Balaban J connectivity index is 2.28. The second kappa shape index (κ2) is 4.68. The molecule has 0 aliphatic carbocycles. The Morgan fingerprint density at radius 1 is 1.44 bits per heavy atom. The number of aryl methyl sites for hydroxylation is 1. The van der Waals surface area contributed by atoms with E-state index in [4.69, 9.17) is 0 Å². The molecule has 0 unspecified atom stereocenters. The lowest BCUT2D eigenvalue weighted by atomic mass is 10.0. The Kier molecular flexibility index (Phi) is 3.38. The molecule has 3 amide bonds. The number of imide groups is 1. The van der Waals surface area contributed by atoms with Gasteiger partial charge in [-0.1, -0.05) is 13.8 Å². The number of carbonyl (C=O) groups is 2. The molecule has 2 heterocycles. The number of amides is 3. The van der Waals surface area contributed by atoms with Crippen molar-refractivity contribution < 1.29 is 9.59 Å². The van der Waals surface area contributed by atoms with Crippen molar-refractivity contribution in [3.05, 3.63) is 11.1 Å². The molecule has 0 N–H and O–H groups in total. The molecule has 2 rings (SSSR count). The number of urea groups is 1. The molecule has 1 aliphatic rings. The summed E-state index contributed by atoms with van der Waals surface area (Å²) < 4.78 is 0. The number of nitrogens with zero attached hydrogens (tertiary/aromatic N) is 3. The third-order valence-corrected chi connectivity index (χ3v) is 3.86. The molecule has 6 heteroatoms. The standard InChI is InChI=1S/C12H17N3O2S/c1-7(2)5-9-10(16)15(12(17)14(9)4)11-13-6-8(3)18-11/h6-7,9H,5H2,1-4H3/t9-/m1/s1. The van der Waals surface area contributed by atoms with Crippen LogP contribution in [0.2, 0.25) is 0 Å². The van der Waals surface area contributed by atoms with Crippen LogP contribution in [0.4, 0.5) is 9.93 Å². The molecule has 0 aromatic carbocycles. The van der Waals surface area contributed by atoms with Gasteiger partial charge in [-0.25, -0.2) is 14.7 Å². The summed E-state index contributed by atoms with van der Waals surface area (Å²) in [5, 5.41) is 0.473. The van der Waals surface area contributed by atoms with Crippen LogP contribution in [0.5, 0.6) is 0 Å². The van der Waals surface area contributed by atoms with Gasteiger partial charge in [0.05, 0.1) is 0 Å². The van der Waals surface area contributed by atoms with Crippen LogP contribution in [0.3, 0.4) is 0 Å². The monoisotopic (exact) mass is 267 g/mol. The van der Waals surface area contributed by atoms with Crippen LogP contribution in [-0.2, 0) is 4.79 Å². The van der Waals surface area contributed by atoms with Crippen LogP contribution in [-0.4, -0.2) is 34.9 Å². The summed E-state index contributed by atoms with van der Waals surface area (Å²) in [5.74, 6) is 0.206. The highest BCUT2D eigenvalue weighted by Gasteiger charge is 2.45. The van der Waals surface area contributed by atoms with Crippen molar-refractivity contribution >= 4 is 28.4 Å². The summed E-state index contributed by atoms with van der Waals surface area (Å²) in [6.45, 7) is 5.99. The van der Waals surface area contributed by atoms with E-state index in [1.165, 1.54) is 21.1 Å². The van der Waals surface area contributed by atoms with Crippen molar-refractivity contribution in [3.63, 3.8) is 0 Å². The van der Waals surface area contributed by atoms with Crippen LogP contribution in [0, 0.1) is 12.8 Å². The molecule has 0 radical (unpaired) electrons. The number of carbonyl (C=O) groups excluding carboxylic acids is 2. The average Bonchev–Trinajstić information content (AvgIpc) is 2.78. The molecule has 1 aliphatic heterocycles. The number of rotatable bonds is 3. The minimum Gasteiger partial charge on any atom is -0.315 e. The van der Waals surface area contributed by atoms with E-state index in [2.05, 4.69) is 4.98 Å². The first kappa shape index (κ1) is 13.0. The number of thiazole rings is 1. The number of aromatic nitrogens is 1. The SMILES string of the molecule is Cc1cnc(N2C(=O)[C@@H](CC(C)C)N(C)C2=O)s1. The van der Waals surface area contributed by atoms with Gasteiger partial charge in [-0.05, 0) is 19.3 Å². The van der Waals surface area contributed by atoms with E-state index >= 15 is 0 Å². The lowest BCUT2D eigenvalue weighted by Crippen LogP contribution is -2.32. The molecule has 5 nitrogen and oxygen atoms in total. The fraction of sp³-hybridized carbons (Fsp3) is 0.583. The normalized spacial score (nSPS) is 20.4. The number of hydrogen-bond donors (Lipinski definition) is 0. The van der Waals surface area contributed by atoms with Crippen molar-refractivity contribution in [2.75, 3.05) is 11.9 Å². The molecule has 1 saturated heterocycles. The van der Waals surface area contributed by atoms with Crippen molar-refractivity contribution in [1.29, 1.82) is 0 Å². The smallest absolute Gasteiger partial charge is 0.315 e. The second-order valence-corrected chi connectivity index (χ2v) is 6.18.